The summed E-state index contributed by atoms with van der Waals surface area (Å²) in [6.07, 6.45) is 2.20. The van der Waals surface area contributed by atoms with Crippen molar-refractivity contribution in [1.82, 2.24) is 4.90 Å². The lowest BCUT2D eigenvalue weighted by atomic mass is 9.91. The number of fused-ring (bicyclic) bond motifs is 1. The standard InChI is InChI=1S/C17H25NO4/c1-22-13-7-5-11(6-8-13)9-12-3-2-4-14-16(20)17(21)15(10-19)18(12)14/h5-8,12,14-17,19-21H,2-4,9-10H2,1H3/t12?,14-,15?,16+,17+/m1/s1. The van der Waals surface area contributed by atoms with Crippen molar-refractivity contribution in [3.8, 4) is 5.75 Å². The SMILES string of the molecule is COc1ccc(CC2CCC[C@@H]3[C@H](O)[C@@H](O)C(CO)N23)cc1. The second-order valence-corrected chi connectivity index (χ2v) is 6.38. The van der Waals surface area contributed by atoms with E-state index in [1.165, 1.54) is 5.56 Å². The zero-order valence-corrected chi connectivity index (χ0v) is 12.9. The van der Waals surface area contributed by atoms with Crippen LogP contribution in [0.2, 0.25) is 0 Å². The molecule has 0 aliphatic carbocycles. The number of hydrogen-bond donors (Lipinski definition) is 3. The van der Waals surface area contributed by atoms with Crippen molar-refractivity contribution < 1.29 is 20.1 Å². The van der Waals surface area contributed by atoms with Crippen molar-refractivity contribution in [1.29, 1.82) is 0 Å². The van der Waals surface area contributed by atoms with Gasteiger partial charge in [0, 0.05) is 12.1 Å². The lowest BCUT2D eigenvalue weighted by Crippen LogP contribution is -2.51. The van der Waals surface area contributed by atoms with Gasteiger partial charge in [-0.05, 0) is 37.0 Å². The molecule has 3 N–H and O–H groups in total. The van der Waals surface area contributed by atoms with Gasteiger partial charge in [0.05, 0.1) is 32.0 Å². The molecular weight excluding hydrogens is 282 g/mol. The van der Waals surface area contributed by atoms with Crippen LogP contribution < -0.4 is 4.74 Å². The van der Waals surface area contributed by atoms with E-state index in [-0.39, 0.29) is 24.7 Å². The predicted octanol–water partition coefficient (Wildman–Crippen LogP) is 0.557. The van der Waals surface area contributed by atoms with Gasteiger partial charge >= 0.3 is 0 Å². The molecule has 122 valence electrons. The molecule has 0 aromatic heterocycles. The number of ether oxygens (including phenoxy) is 1. The first-order chi connectivity index (χ1) is 10.7. The van der Waals surface area contributed by atoms with Crippen LogP contribution in [0.3, 0.4) is 0 Å². The summed E-state index contributed by atoms with van der Waals surface area (Å²) in [6.45, 7) is -0.117. The number of nitrogens with zero attached hydrogens (tertiary/aromatic N) is 1. The average molecular weight is 307 g/mol. The van der Waals surface area contributed by atoms with Gasteiger partial charge in [-0.1, -0.05) is 18.6 Å². The van der Waals surface area contributed by atoms with E-state index in [1.54, 1.807) is 7.11 Å². The molecule has 2 heterocycles. The molecule has 2 unspecified atom stereocenters. The molecule has 22 heavy (non-hydrogen) atoms. The molecule has 1 aromatic rings. The topological polar surface area (TPSA) is 73.2 Å². The van der Waals surface area contributed by atoms with Crippen LogP contribution >= 0.6 is 0 Å². The number of methoxy groups -OCH3 is 1. The maximum atomic E-state index is 10.2. The fraction of sp³-hybridized carbons (Fsp3) is 0.647. The van der Waals surface area contributed by atoms with Gasteiger partial charge in [-0.15, -0.1) is 0 Å². The van der Waals surface area contributed by atoms with E-state index in [0.29, 0.717) is 0 Å². The quantitative estimate of drug-likeness (QED) is 0.758. The normalized spacial score (nSPS) is 35.4. The maximum absolute atomic E-state index is 10.2. The van der Waals surface area contributed by atoms with Crippen molar-refractivity contribution >= 4 is 0 Å². The molecule has 0 bridgehead atoms. The highest BCUT2D eigenvalue weighted by Gasteiger charge is 2.50. The van der Waals surface area contributed by atoms with Gasteiger partial charge in [0.2, 0.25) is 0 Å². The molecule has 2 fully saturated rings. The van der Waals surface area contributed by atoms with Crippen LogP contribution in [0.5, 0.6) is 5.75 Å². The Labute approximate surface area is 131 Å². The van der Waals surface area contributed by atoms with Gasteiger partial charge in [0.1, 0.15) is 5.75 Å². The first kappa shape index (κ1) is 15.7. The van der Waals surface area contributed by atoms with Crippen LogP contribution in [0.15, 0.2) is 24.3 Å². The van der Waals surface area contributed by atoms with Gasteiger partial charge in [0.15, 0.2) is 0 Å². The molecule has 1 aromatic carbocycles. The molecular formula is C17H25NO4. The summed E-state index contributed by atoms with van der Waals surface area (Å²) >= 11 is 0. The molecule has 0 spiro atoms. The average Bonchev–Trinajstić information content (AvgIpc) is 2.80. The number of aliphatic hydroxyl groups is 3. The van der Waals surface area contributed by atoms with Crippen LogP contribution in [0.25, 0.3) is 0 Å². The molecule has 5 nitrogen and oxygen atoms in total. The van der Waals surface area contributed by atoms with Crippen molar-refractivity contribution in [2.45, 2.75) is 56.0 Å². The first-order valence-electron chi connectivity index (χ1n) is 8.03. The third kappa shape index (κ3) is 2.74. The highest BCUT2D eigenvalue weighted by molar-refractivity contribution is 5.28. The summed E-state index contributed by atoms with van der Waals surface area (Å²) in [4.78, 5) is 2.16. The number of benzene rings is 1. The highest BCUT2D eigenvalue weighted by atomic mass is 16.5. The van der Waals surface area contributed by atoms with Gasteiger partial charge < -0.3 is 20.1 Å². The maximum Gasteiger partial charge on any atom is 0.118 e. The Morgan fingerprint density at radius 2 is 1.86 bits per heavy atom. The third-order valence-electron chi connectivity index (χ3n) is 5.18. The Hall–Kier alpha value is -1.14. The number of rotatable bonds is 4. The number of piperidine rings is 1. The van der Waals surface area contributed by atoms with Crippen LogP contribution in [0.1, 0.15) is 24.8 Å². The summed E-state index contributed by atoms with van der Waals surface area (Å²) < 4.78 is 5.18. The van der Waals surface area contributed by atoms with Crippen molar-refractivity contribution in [2.75, 3.05) is 13.7 Å². The van der Waals surface area contributed by atoms with Gasteiger partial charge in [-0.2, -0.15) is 0 Å². The number of aliphatic hydroxyl groups excluding tert-OH is 3. The largest absolute Gasteiger partial charge is 0.497 e. The Kier molecular flexibility index (Phi) is 4.68. The van der Waals surface area contributed by atoms with E-state index in [4.69, 9.17) is 4.74 Å². The second-order valence-electron chi connectivity index (χ2n) is 6.38. The Balaban J connectivity index is 1.77. The van der Waals surface area contributed by atoms with E-state index in [0.717, 1.165) is 31.4 Å². The van der Waals surface area contributed by atoms with Gasteiger partial charge in [0.25, 0.3) is 0 Å². The van der Waals surface area contributed by atoms with E-state index < -0.39 is 12.2 Å². The molecule has 3 rings (SSSR count). The third-order valence-corrected chi connectivity index (χ3v) is 5.18. The molecule has 0 radical (unpaired) electrons. The minimum atomic E-state index is -0.855. The Bertz CT molecular complexity index is 482. The monoisotopic (exact) mass is 307 g/mol. The summed E-state index contributed by atoms with van der Waals surface area (Å²) in [6, 6.07) is 7.86. The van der Waals surface area contributed by atoms with Crippen LogP contribution in [0.4, 0.5) is 0 Å². The zero-order chi connectivity index (χ0) is 15.7. The fourth-order valence-electron chi connectivity index (χ4n) is 4.07. The smallest absolute Gasteiger partial charge is 0.118 e. The first-order valence-corrected chi connectivity index (χ1v) is 8.03. The molecule has 2 saturated heterocycles. The Morgan fingerprint density at radius 3 is 2.50 bits per heavy atom. The lowest BCUT2D eigenvalue weighted by molar-refractivity contribution is 0.0167. The number of hydrogen-bond acceptors (Lipinski definition) is 5. The summed E-state index contributed by atoms with van der Waals surface area (Å²) in [5, 5.41) is 30.0. The second kappa shape index (κ2) is 6.54. The molecule has 0 saturated carbocycles. The van der Waals surface area contributed by atoms with E-state index in [1.807, 2.05) is 12.1 Å². The molecule has 2 aliphatic rings. The highest BCUT2D eigenvalue weighted by Crippen LogP contribution is 2.37. The predicted molar refractivity (Wildman–Crippen MR) is 82.9 cm³/mol. The van der Waals surface area contributed by atoms with Crippen LogP contribution in [0, 0.1) is 0 Å². The summed E-state index contributed by atoms with van der Waals surface area (Å²) in [5.74, 6) is 0.838. The molecule has 5 heteroatoms. The van der Waals surface area contributed by atoms with E-state index >= 15 is 0 Å². The van der Waals surface area contributed by atoms with Crippen molar-refractivity contribution in [3.05, 3.63) is 29.8 Å². The minimum absolute atomic E-state index is 0.0378. The molecule has 2 aliphatic heterocycles. The van der Waals surface area contributed by atoms with E-state index in [2.05, 4.69) is 17.0 Å². The molecule has 5 atom stereocenters. The van der Waals surface area contributed by atoms with E-state index in [9.17, 15) is 15.3 Å². The lowest BCUT2D eigenvalue weighted by Gasteiger charge is -2.41. The summed E-state index contributed by atoms with van der Waals surface area (Å²) in [5.41, 5.74) is 1.21. The summed E-state index contributed by atoms with van der Waals surface area (Å²) in [7, 11) is 1.65. The van der Waals surface area contributed by atoms with Gasteiger partial charge in [-0.3, -0.25) is 4.90 Å². The molecule has 0 amide bonds. The fourth-order valence-corrected chi connectivity index (χ4v) is 4.07. The van der Waals surface area contributed by atoms with Crippen molar-refractivity contribution in [2.24, 2.45) is 0 Å². The Morgan fingerprint density at radius 1 is 1.14 bits per heavy atom. The van der Waals surface area contributed by atoms with Crippen LogP contribution in [-0.4, -0.2) is 64.3 Å². The van der Waals surface area contributed by atoms with Crippen LogP contribution in [-0.2, 0) is 6.42 Å². The van der Waals surface area contributed by atoms with Gasteiger partial charge in [-0.25, -0.2) is 0 Å². The van der Waals surface area contributed by atoms with Crippen molar-refractivity contribution in [3.63, 3.8) is 0 Å². The minimum Gasteiger partial charge on any atom is -0.497 e. The zero-order valence-electron chi connectivity index (χ0n) is 12.9.